The van der Waals surface area contributed by atoms with E-state index < -0.39 is 15.9 Å². The maximum Gasteiger partial charge on any atom is 0.265 e. The predicted molar refractivity (Wildman–Crippen MR) is 99.3 cm³/mol. The van der Waals surface area contributed by atoms with Gasteiger partial charge in [-0.25, -0.2) is 8.42 Å². The number of aromatic nitrogens is 1. The Kier molecular flexibility index (Phi) is 5.71. The Balaban J connectivity index is 2.11. The fraction of sp³-hybridized carbons (Fsp3) is 0.294. The van der Waals surface area contributed by atoms with Crippen LogP contribution in [-0.2, 0) is 21.9 Å². The van der Waals surface area contributed by atoms with Crippen molar-refractivity contribution in [2.75, 3.05) is 10.0 Å². The van der Waals surface area contributed by atoms with Crippen molar-refractivity contribution in [2.45, 2.75) is 25.2 Å². The summed E-state index contributed by atoms with van der Waals surface area (Å²) in [4.78, 5) is 22.9. The number of sulfonamides is 1. The lowest BCUT2D eigenvalue weighted by molar-refractivity contribution is -0.116. The van der Waals surface area contributed by atoms with Gasteiger partial charge in [0.15, 0.2) is 0 Å². The lowest BCUT2D eigenvalue weighted by Crippen LogP contribution is -2.15. The SMILES string of the molecule is CC(C)CC(=O)Nc1ccc(NS(=O)(=O)c2cc(C(N)=O)n(C)c2)cc1. The van der Waals surface area contributed by atoms with Gasteiger partial charge < -0.3 is 15.6 Å². The van der Waals surface area contributed by atoms with Crippen molar-refractivity contribution < 1.29 is 18.0 Å². The van der Waals surface area contributed by atoms with E-state index >= 15 is 0 Å². The molecule has 2 aromatic rings. The highest BCUT2D eigenvalue weighted by Crippen LogP contribution is 2.20. The number of carbonyl (C=O) groups is 2. The summed E-state index contributed by atoms with van der Waals surface area (Å²) in [5.41, 5.74) is 6.20. The number of nitrogens with two attached hydrogens (primary N) is 1. The van der Waals surface area contributed by atoms with E-state index in [-0.39, 0.29) is 22.4 Å². The van der Waals surface area contributed by atoms with E-state index in [1.54, 1.807) is 24.3 Å². The van der Waals surface area contributed by atoms with Crippen LogP contribution in [0.5, 0.6) is 0 Å². The molecule has 26 heavy (non-hydrogen) atoms. The van der Waals surface area contributed by atoms with Crippen molar-refractivity contribution in [3.8, 4) is 0 Å². The van der Waals surface area contributed by atoms with Crippen LogP contribution in [0.25, 0.3) is 0 Å². The number of hydrogen-bond donors (Lipinski definition) is 3. The molecule has 0 saturated carbocycles. The third kappa shape index (κ3) is 4.85. The minimum Gasteiger partial charge on any atom is -0.364 e. The number of carbonyl (C=O) groups excluding carboxylic acids is 2. The first-order valence-corrected chi connectivity index (χ1v) is 9.45. The summed E-state index contributed by atoms with van der Waals surface area (Å²) in [5, 5.41) is 2.75. The summed E-state index contributed by atoms with van der Waals surface area (Å²) in [7, 11) is -2.33. The maximum absolute atomic E-state index is 12.4. The molecule has 0 unspecified atom stereocenters. The number of benzene rings is 1. The van der Waals surface area contributed by atoms with Crippen molar-refractivity contribution >= 4 is 33.2 Å². The second-order valence-electron chi connectivity index (χ2n) is 6.37. The molecule has 2 amide bonds. The molecule has 140 valence electrons. The lowest BCUT2D eigenvalue weighted by Gasteiger charge is -2.09. The standard InChI is InChI=1S/C17H22N4O4S/c1-11(2)8-16(22)19-12-4-6-13(7-5-12)20-26(24,25)14-9-15(17(18)23)21(3)10-14/h4-7,9-11,20H,8H2,1-3H3,(H2,18,23)(H,19,22). The number of anilines is 2. The van der Waals surface area contributed by atoms with Gasteiger partial charge in [0, 0.05) is 31.0 Å². The summed E-state index contributed by atoms with van der Waals surface area (Å²) < 4.78 is 28.6. The van der Waals surface area contributed by atoms with E-state index in [2.05, 4.69) is 10.0 Å². The zero-order valence-electron chi connectivity index (χ0n) is 14.8. The molecule has 4 N–H and O–H groups in total. The van der Waals surface area contributed by atoms with Crippen molar-refractivity contribution in [1.82, 2.24) is 4.57 Å². The number of nitrogens with one attached hydrogen (secondary N) is 2. The minimum absolute atomic E-state index is 0.0666. The van der Waals surface area contributed by atoms with Crippen molar-refractivity contribution in [3.63, 3.8) is 0 Å². The van der Waals surface area contributed by atoms with Crippen LogP contribution in [0, 0.1) is 5.92 Å². The largest absolute Gasteiger partial charge is 0.364 e. The van der Waals surface area contributed by atoms with Gasteiger partial charge in [0.25, 0.3) is 15.9 Å². The van der Waals surface area contributed by atoms with Crippen LogP contribution in [0.3, 0.4) is 0 Å². The topological polar surface area (TPSA) is 123 Å². The van der Waals surface area contributed by atoms with Crippen LogP contribution in [-0.4, -0.2) is 24.8 Å². The molecule has 0 aliphatic heterocycles. The number of rotatable bonds is 7. The van der Waals surface area contributed by atoms with Crippen molar-refractivity contribution in [1.29, 1.82) is 0 Å². The summed E-state index contributed by atoms with van der Waals surface area (Å²) in [6, 6.07) is 7.51. The molecule has 9 heteroatoms. The highest BCUT2D eigenvalue weighted by Gasteiger charge is 2.19. The molecule has 0 saturated heterocycles. The van der Waals surface area contributed by atoms with Gasteiger partial charge in [-0.1, -0.05) is 13.8 Å². The Bertz CT molecular complexity index is 915. The molecule has 1 heterocycles. The van der Waals surface area contributed by atoms with E-state index in [1.807, 2.05) is 13.8 Å². The normalized spacial score (nSPS) is 11.4. The number of hydrogen-bond acceptors (Lipinski definition) is 4. The molecule has 0 radical (unpaired) electrons. The van der Waals surface area contributed by atoms with Gasteiger partial charge >= 0.3 is 0 Å². The van der Waals surface area contributed by atoms with Crippen molar-refractivity contribution in [3.05, 3.63) is 42.2 Å². The summed E-state index contributed by atoms with van der Waals surface area (Å²) in [5.74, 6) is -0.565. The highest BCUT2D eigenvalue weighted by molar-refractivity contribution is 7.92. The summed E-state index contributed by atoms with van der Waals surface area (Å²) in [6.45, 7) is 3.90. The molecular weight excluding hydrogens is 356 g/mol. The van der Waals surface area contributed by atoms with Gasteiger partial charge in [0.05, 0.1) is 0 Å². The van der Waals surface area contributed by atoms with Gasteiger partial charge in [0.2, 0.25) is 5.91 Å². The smallest absolute Gasteiger partial charge is 0.265 e. The molecule has 0 spiro atoms. The van der Waals surface area contributed by atoms with Crippen LogP contribution in [0.4, 0.5) is 11.4 Å². The van der Waals surface area contributed by atoms with Crippen molar-refractivity contribution in [2.24, 2.45) is 18.7 Å². The molecule has 0 aliphatic carbocycles. The first-order valence-electron chi connectivity index (χ1n) is 7.97. The summed E-state index contributed by atoms with van der Waals surface area (Å²) >= 11 is 0. The second kappa shape index (κ2) is 7.61. The predicted octanol–water partition coefficient (Wildman–Crippen LogP) is 1.91. The molecule has 1 aromatic heterocycles. The van der Waals surface area contributed by atoms with Crippen LogP contribution < -0.4 is 15.8 Å². The Morgan fingerprint density at radius 2 is 1.73 bits per heavy atom. The van der Waals surface area contributed by atoms with Crippen LogP contribution in [0.2, 0.25) is 0 Å². The Labute approximate surface area is 152 Å². The fourth-order valence-corrected chi connectivity index (χ4v) is 3.47. The monoisotopic (exact) mass is 378 g/mol. The molecular formula is C17H22N4O4S. The molecule has 0 fully saturated rings. The second-order valence-corrected chi connectivity index (χ2v) is 8.05. The Morgan fingerprint density at radius 3 is 2.23 bits per heavy atom. The quantitative estimate of drug-likeness (QED) is 0.681. The Hall–Kier alpha value is -2.81. The average molecular weight is 378 g/mol. The Morgan fingerprint density at radius 1 is 1.15 bits per heavy atom. The first-order chi connectivity index (χ1) is 12.1. The van der Waals surface area contributed by atoms with Gasteiger partial charge in [-0.05, 0) is 36.2 Å². The van der Waals surface area contributed by atoms with E-state index in [0.29, 0.717) is 17.8 Å². The number of primary amides is 1. The molecule has 1 aromatic carbocycles. The van der Waals surface area contributed by atoms with Gasteiger partial charge in [-0.15, -0.1) is 0 Å². The van der Waals surface area contributed by atoms with E-state index in [1.165, 1.54) is 23.9 Å². The third-order valence-corrected chi connectivity index (χ3v) is 4.91. The fourth-order valence-electron chi connectivity index (χ4n) is 2.34. The summed E-state index contributed by atoms with van der Waals surface area (Å²) in [6.07, 6.45) is 1.72. The van der Waals surface area contributed by atoms with E-state index in [9.17, 15) is 18.0 Å². The third-order valence-electron chi connectivity index (χ3n) is 3.56. The average Bonchev–Trinajstić information content (AvgIpc) is 2.91. The van der Waals surface area contributed by atoms with Crippen LogP contribution in [0.15, 0.2) is 41.4 Å². The maximum atomic E-state index is 12.4. The molecule has 2 rings (SSSR count). The van der Waals surface area contributed by atoms with E-state index in [4.69, 9.17) is 5.73 Å². The van der Waals surface area contributed by atoms with Gasteiger partial charge in [0.1, 0.15) is 10.6 Å². The molecule has 0 bridgehead atoms. The molecule has 0 atom stereocenters. The molecule has 0 aliphatic rings. The van der Waals surface area contributed by atoms with Gasteiger partial charge in [-0.2, -0.15) is 0 Å². The van der Waals surface area contributed by atoms with E-state index in [0.717, 1.165) is 0 Å². The first kappa shape index (κ1) is 19.5. The zero-order valence-corrected chi connectivity index (χ0v) is 15.6. The lowest BCUT2D eigenvalue weighted by atomic mass is 10.1. The van der Waals surface area contributed by atoms with Crippen LogP contribution in [0.1, 0.15) is 30.8 Å². The number of nitrogens with zero attached hydrogens (tertiary/aromatic N) is 1. The zero-order chi connectivity index (χ0) is 19.5. The number of aryl methyl sites for hydroxylation is 1. The highest BCUT2D eigenvalue weighted by atomic mass is 32.2. The molecule has 8 nitrogen and oxygen atoms in total. The number of amides is 2. The van der Waals surface area contributed by atoms with Crippen LogP contribution >= 0.6 is 0 Å². The van der Waals surface area contributed by atoms with Gasteiger partial charge in [-0.3, -0.25) is 14.3 Å². The minimum atomic E-state index is -3.87.